The number of aliphatic hydroxyl groups is 1. The van der Waals surface area contributed by atoms with Crippen molar-refractivity contribution < 1.29 is 38.3 Å². The Morgan fingerprint density at radius 2 is 1.66 bits per heavy atom. The average Bonchev–Trinajstić information content (AvgIpc) is 3.53. The number of rotatable bonds is 7. The highest BCUT2D eigenvalue weighted by Crippen LogP contribution is 2.61. The van der Waals surface area contributed by atoms with Crippen molar-refractivity contribution in [1.29, 1.82) is 0 Å². The van der Waals surface area contributed by atoms with E-state index in [0.29, 0.717) is 34.3 Å². The van der Waals surface area contributed by atoms with Crippen molar-refractivity contribution in [3.63, 3.8) is 0 Å². The summed E-state index contributed by atoms with van der Waals surface area (Å²) in [4.78, 5) is 13.1. The topological polar surface area (TPSA) is 92.7 Å². The van der Waals surface area contributed by atoms with E-state index < -0.39 is 22.1 Å². The molecular formula is C25H28O8S2. The SMILES string of the molecule is COc1cc([C@H](O)[C@H]2C(=O)OC[C@H]2C2(c3ccc4c(c3)OCO4)SCCCS2)cc(OC)c1OC. The molecule has 2 aromatic rings. The molecule has 2 fully saturated rings. The molecule has 3 aliphatic rings. The summed E-state index contributed by atoms with van der Waals surface area (Å²) < 4.78 is 32.6. The van der Waals surface area contributed by atoms with Gasteiger partial charge >= 0.3 is 5.97 Å². The van der Waals surface area contributed by atoms with Gasteiger partial charge < -0.3 is 33.5 Å². The number of esters is 1. The van der Waals surface area contributed by atoms with Gasteiger partial charge in [-0.1, -0.05) is 6.07 Å². The molecule has 0 bridgehead atoms. The van der Waals surface area contributed by atoms with Gasteiger partial charge in [0.25, 0.3) is 0 Å². The van der Waals surface area contributed by atoms with Gasteiger partial charge in [-0.25, -0.2) is 0 Å². The third kappa shape index (κ3) is 4.15. The Morgan fingerprint density at radius 1 is 0.971 bits per heavy atom. The predicted octanol–water partition coefficient (Wildman–Crippen LogP) is 3.99. The molecule has 0 radical (unpaired) electrons. The Labute approximate surface area is 212 Å². The summed E-state index contributed by atoms with van der Waals surface area (Å²) in [6.45, 7) is 0.416. The Morgan fingerprint density at radius 3 is 2.31 bits per heavy atom. The zero-order valence-corrected chi connectivity index (χ0v) is 21.4. The fourth-order valence-corrected chi connectivity index (χ4v) is 8.61. The lowest BCUT2D eigenvalue weighted by Gasteiger charge is -2.43. The number of hydrogen-bond acceptors (Lipinski definition) is 10. The van der Waals surface area contributed by atoms with Gasteiger partial charge in [0.15, 0.2) is 23.0 Å². The van der Waals surface area contributed by atoms with Crippen molar-refractivity contribution in [3.05, 3.63) is 41.5 Å². The largest absolute Gasteiger partial charge is 0.493 e. The molecule has 3 heterocycles. The summed E-state index contributed by atoms with van der Waals surface area (Å²) in [5.41, 5.74) is 1.53. The second-order valence-electron chi connectivity index (χ2n) is 8.45. The third-order valence-electron chi connectivity index (χ3n) is 6.66. The standard InChI is InChI=1S/C25H28O8S2/c1-28-19-9-14(10-20(29-2)23(19)30-3)22(26)21-16(12-31-24(21)27)25(34-7-4-8-35-25)15-5-6-17-18(11-15)33-13-32-17/h5-6,9-11,16,21-22,26H,4,7-8,12-13H2,1-3H3/t16-,21+,22+/m1/s1. The van der Waals surface area contributed by atoms with Gasteiger partial charge in [0, 0.05) is 5.92 Å². The number of hydrogen-bond donors (Lipinski definition) is 1. The minimum atomic E-state index is -1.13. The monoisotopic (exact) mass is 520 g/mol. The minimum Gasteiger partial charge on any atom is -0.493 e. The molecule has 35 heavy (non-hydrogen) atoms. The molecule has 3 aliphatic heterocycles. The molecule has 0 aromatic heterocycles. The van der Waals surface area contributed by atoms with E-state index in [1.807, 2.05) is 18.2 Å². The summed E-state index contributed by atoms with van der Waals surface area (Å²) in [5, 5.41) is 11.6. The lowest BCUT2D eigenvalue weighted by Crippen LogP contribution is -2.39. The Kier molecular flexibility index (Phi) is 6.87. The number of methoxy groups -OCH3 is 3. The second kappa shape index (κ2) is 9.91. The van der Waals surface area contributed by atoms with E-state index in [-0.39, 0.29) is 19.3 Å². The van der Waals surface area contributed by atoms with Crippen LogP contribution in [0.1, 0.15) is 23.7 Å². The lowest BCUT2D eigenvalue weighted by molar-refractivity contribution is -0.144. The Bertz CT molecular complexity index is 1080. The van der Waals surface area contributed by atoms with Crippen LogP contribution in [0.4, 0.5) is 0 Å². The van der Waals surface area contributed by atoms with Crippen LogP contribution in [0.25, 0.3) is 0 Å². The van der Waals surface area contributed by atoms with E-state index in [1.54, 1.807) is 35.7 Å². The molecule has 0 aliphatic carbocycles. The molecule has 0 spiro atoms. The van der Waals surface area contributed by atoms with E-state index in [4.69, 9.17) is 28.4 Å². The number of fused-ring (bicyclic) bond motifs is 1. The first kappa shape index (κ1) is 24.3. The van der Waals surface area contributed by atoms with Gasteiger partial charge in [-0.2, -0.15) is 0 Å². The molecular weight excluding hydrogens is 492 g/mol. The number of aliphatic hydroxyl groups excluding tert-OH is 1. The van der Waals surface area contributed by atoms with Gasteiger partial charge in [-0.15, -0.1) is 23.5 Å². The van der Waals surface area contributed by atoms with E-state index in [2.05, 4.69) is 0 Å². The van der Waals surface area contributed by atoms with Crippen LogP contribution in [0.3, 0.4) is 0 Å². The quantitative estimate of drug-likeness (QED) is 0.540. The number of cyclic esters (lactones) is 1. The highest BCUT2D eigenvalue weighted by molar-refractivity contribution is 8.18. The van der Waals surface area contributed by atoms with E-state index in [9.17, 15) is 9.90 Å². The molecule has 0 saturated carbocycles. The van der Waals surface area contributed by atoms with Crippen LogP contribution in [0.2, 0.25) is 0 Å². The fraction of sp³-hybridized carbons (Fsp3) is 0.480. The number of carbonyl (C=O) groups is 1. The molecule has 10 heteroatoms. The van der Waals surface area contributed by atoms with Crippen molar-refractivity contribution in [2.75, 3.05) is 46.2 Å². The van der Waals surface area contributed by atoms with Crippen LogP contribution in [0.5, 0.6) is 28.7 Å². The first-order valence-corrected chi connectivity index (χ1v) is 13.3. The molecule has 3 atom stereocenters. The van der Waals surface area contributed by atoms with Crippen LogP contribution < -0.4 is 23.7 Å². The second-order valence-corrected chi connectivity index (χ2v) is 11.4. The lowest BCUT2D eigenvalue weighted by atomic mass is 9.82. The van der Waals surface area contributed by atoms with Gasteiger partial charge in [-0.3, -0.25) is 4.79 Å². The van der Waals surface area contributed by atoms with E-state index in [0.717, 1.165) is 23.5 Å². The summed E-state index contributed by atoms with van der Waals surface area (Å²) in [5.74, 6) is 3.07. The number of ether oxygens (including phenoxy) is 6. The summed E-state index contributed by atoms with van der Waals surface area (Å²) in [7, 11) is 4.56. The summed E-state index contributed by atoms with van der Waals surface area (Å²) in [6, 6.07) is 9.31. The van der Waals surface area contributed by atoms with Gasteiger partial charge in [0.2, 0.25) is 12.5 Å². The maximum absolute atomic E-state index is 13.1. The van der Waals surface area contributed by atoms with Crippen LogP contribution in [0, 0.1) is 11.8 Å². The van der Waals surface area contributed by atoms with Crippen LogP contribution in [-0.4, -0.2) is 57.3 Å². The predicted molar refractivity (Wildman–Crippen MR) is 133 cm³/mol. The molecule has 0 unspecified atom stereocenters. The molecule has 2 aromatic carbocycles. The van der Waals surface area contributed by atoms with Crippen LogP contribution in [0.15, 0.2) is 30.3 Å². The molecule has 1 N–H and O–H groups in total. The minimum absolute atomic E-state index is 0.194. The van der Waals surface area contributed by atoms with E-state index in [1.165, 1.54) is 21.3 Å². The van der Waals surface area contributed by atoms with Crippen molar-refractivity contribution in [3.8, 4) is 28.7 Å². The first-order chi connectivity index (χ1) is 17.0. The molecule has 0 amide bonds. The third-order valence-corrected chi connectivity index (χ3v) is 10.3. The number of benzene rings is 2. The molecule has 2 saturated heterocycles. The average molecular weight is 521 g/mol. The Hall–Kier alpha value is -2.43. The van der Waals surface area contributed by atoms with E-state index >= 15 is 0 Å². The highest BCUT2D eigenvalue weighted by Gasteiger charge is 2.55. The van der Waals surface area contributed by atoms with Crippen molar-refractivity contribution >= 4 is 29.5 Å². The zero-order chi connectivity index (χ0) is 24.6. The maximum Gasteiger partial charge on any atom is 0.312 e. The van der Waals surface area contributed by atoms with Crippen LogP contribution >= 0.6 is 23.5 Å². The normalized spacial score (nSPS) is 23.5. The summed E-state index contributed by atoms with van der Waals surface area (Å²) >= 11 is 3.60. The van der Waals surface area contributed by atoms with Gasteiger partial charge in [0.1, 0.15) is 0 Å². The Balaban J connectivity index is 1.56. The number of thioether (sulfide) groups is 2. The van der Waals surface area contributed by atoms with Gasteiger partial charge in [0.05, 0.1) is 44.0 Å². The maximum atomic E-state index is 13.1. The molecule has 8 nitrogen and oxygen atoms in total. The van der Waals surface area contributed by atoms with Gasteiger partial charge in [-0.05, 0) is 53.3 Å². The first-order valence-electron chi connectivity index (χ1n) is 11.3. The van der Waals surface area contributed by atoms with Crippen molar-refractivity contribution in [2.24, 2.45) is 11.8 Å². The smallest absolute Gasteiger partial charge is 0.312 e. The van der Waals surface area contributed by atoms with Crippen molar-refractivity contribution in [2.45, 2.75) is 16.6 Å². The molecule has 188 valence electrons. The molecule has 5 rings (SSSR count). The van der Waals surface area contributed by atoms with Crippen LogP contribution in [-0.2, 0) is 13.6 Å². The van der Waals surface area contributed by atoms with Crippen molar-refractivity contribution in [1.82, 2.24) is 0 Å². The summed E-state index contributed by atoms with van der Waals surface area (Å²) in [6.07, 6.45) is -0.0544. The zero-order valence-electron chi connectivity index (χ0n) is 19.8. The number of carbonyl (C=O) groups excluding carboxylic acids is 1. The fourth-order valence-electron chi connectivity index (χ4n) is 4.97. The highest BCUT2D eigenvalue weighted by atomic mass is 32.2.